The number of hydrogen-bond donors (Lipinski definition) is 0. The van der Waals surface area contributed by atoms with Gasteiger partial charge in [-0.25, -0.2) is 9.97 Å². The van der Waals surface area contributed by atoms with Crippen LogP contribution in [0, 0.1) is 0 Å². The summed E-state index contributed by atoms with van der Waals surface area (Å²) in [7, 11) is 0. The van der Waals surface area contributed by atoms with Crippen molar-refractivity contribution in [2.45, 2.75) is 53.0 Å². The Kier molecular flexibility index (Phi) is 4.34. The lowest BCUT2D eigenvalue weighted by molar-refractivity contribution is -0.133. The Labute approximate surface area is 157 Å². The van der Waals surface area contributed by atoms with Gasteiger partial charge in [0.2, 0.25) is 0 Å². The van der Waals surface area contributed by atoms with Gasteiger partial charge in [0.05, 0.1) is 11.0 Å². The molecule has 4 aromatic rings. The number of aryl methyl sites for hydroxylation is 1. The first-order valence-corrected chi connectivity index (χ1v) is 9.60. The van der Waals surface area contributed by atoms with E-state index in [1.54, 1.807) is 6.92 Å². The molecular formula is C21H24N4O2. The number of carbonyl (C=O) groups excluding carboxylic acids is 1. The Morgan fingerprint density at radius 3 is 2.63 bits per heavy atom. The van der Waals surface area contributed by atoms with Gasteiger partial charge >= 0.3 is 5.97 Å². The zero-order valence-corrected chi connectivity index (χ0v) is 16.2. The van der Waals surface area contributed by atoms with E-state index in [0.29, 0.717) is 12.2 Å². The van der Waals surface area contributed by atoms with Gasteiger partial charge in [-0.15, -0.1) is 0 Å². The van der Waals surface area contributed by atoms with Gasteiger partial charge in [0.15, 0.2) is 11.4 Å². The summed E-state index contributed by atoms with van der Waals surface area (Å²) in [5.41, 5.74) is 3.54. The number of nitrogens with zero attached hydrogens (tertiary/aromatic N) is 4. The smallest absolute Gasteiger partial charge is 0.310 e. The Bertz CT molecular complexity index is 1160. The van der Waals surface area contributed by atoms with E-state index in [9.17, 15) is 4.79 Å². The highest BCUT2D eigenvalue weighted by Gasteiger charge is 2.23. The number of ether oxygens (including phenoxy) is 1. The number of rotatable bonds is 5. The average molecular weight is 364 g/mol. The Morgan fingerprint density at radius 2 is 1.93 bits per heavy atom. The van der Waals surface area contributed by atoms with E-state index in [2.05, 4.69) is 29.7 Å². The average Bonchev–Trinajstić information content (AvgIpc) is 3.25. The van der Waals surface area contributed by atoms with E-state index in [0.717, 1.165) is 46.4 Å². The maximum absolute atomic E-state index is 12.0. The summed E-state index contributed by atoms with van der Waals surface area (Å²) in [6.45, 7) is 8.17. The van der Waals surface area contributed by atoms with Crippen molar-refractivity contribution in [1.82, 2.24) is 18.9 Å². The molecule has 0 radical (unpaired) electrons. The molecule has 0 fully saturated rings. The van der Waals surface area contributed by atoms with Crippen LogP contribution >= 0.6 is 0 Å². The lowest BCUT2D eigenvalue weighted by Gasteiger charge is -2.12. The molecule has 0 amide bonds. The molecule has 0 bridgehead atoms. The number of esters is 1. The van der Waals surface area contributed by atoms with Crippen LogP contribution in [0.15, 0.2) is 30.5 Å². The van der Waals surface area contributed by atoms with E-state index in [-0.39, 0.29) is 12.0 Å². The standard InChI is InChI=1S/C21H24N4O2/c1-5-13(4)24-12-16(27-18(26)7-3)19-20(24)23-17(6-2)25-15-11-9-8-10-14(15)22-21(19)25/h8-13H,5-7H2,1-4H3/t13-/m1/s1. The van der Waals surface area contributed by atoms with Crippen LogP contribution in [0.5, 0.6) is 5.75 Å². The first-order chi connectivity index (χ1) is 13.1. The normalized spacial score (nSPS) is 12.9. The van der Waals surface area contributed by atoms with Gasteiger partial charge in [-0.3, -0.25) is 9.20 Å². The second-order valence-electron chi connectivity index (χ2n) is 6.83. The van der Waals surface area contributed by atoms with E-state index in [1.807, 2.05) is 30.5 Å². The minimum absolute atomic E-state index is 0.241. The molecule has 6 nitrogen and oxygen atoms in total. The summed E-state index contributed by atoms with van der Waals surface area (Å²) in [6, 6.07) is 8.27. The molecule has 1 atom stereocenters. The van der Waals surface area contributed by atoms with E-state index < -0.39 is 0 Å². The fraction of sp³-hybridized carbons (Fsp3) is 0.381. The van der Waals surface area contributed by atoms with Gasteiger partial charge in [-0.05, 0) is 25.5 Å². The molecule has 0 spiro atoms. The summed E-state index contributed by atoms with van der Waals surface area (Å²) in [5, 5.41) is 0.797. The van der Waals surface area contributed by atoms with E-state index >= 15 is 0 Å². The molecular weight excluding hydrogens is 340 g/mol. The van der Waals surface area contributed by atoms with Crippen molar-refractivity contribution >= 4 is 33.7 Å². The van der Waals surface area contributed by atoms with Crippen molar-refractivity contribution in [2.75, 3.05) is 0 Å². The first kappa shape index (κ1) is 17.5. The third kappa shape index (κ3) is 2.67. The highest BCUT2D eigenvalue weighted by atomic mass is 16.5. The van der Waals surface area contributed by atoms with Crippen molar-refractivity contribution < 1.29 is 9.53 Å². The second kappa shape index (κ2) is 6.68. The number of imidazole rings is 1. The van der Waals surface area contributed by atoms with Gasteiger partial charge in [0, 0.05) is 25.1 Å². The maximum atomic E-state index is 12.0. The molecule has 0 saturated heterocycles. The Morgan fingerprint density at radius 1 is 1.15 bits per heavy atom. The van der Waals surface area contributed by atoms with Crippen molar-refractivity contribution in [3.8, 4) is 5.75 Å². The van der Waals surface area contributed by atoms with Gasteiger partial charge < -0.3 is 9.30 Å². The summed E-state index contributed by atoms with van der Waals surface area (Å²) in [4.78, 5) is 21.8. The maximum Gasteiger partial charge on any atom is 0.310 e. The van der Waals surface area contributed by atoms with Gasteiger partial charge in [0.25, 0.3) is 0 Å². The highest BCUT2D eigenvalue weighted by molar-refractivity contribution is 6.01. The lowest BCUT2D eigenvalue weighted by atomic mass is 10.2. The predicted molar refractivity (Wildman–Crippen MR) is 106 cm³/mol. The van der Waals surface area contributed by atoms with Crippen LogP contribution in [0.1, 0.15) is 52.4 Å². The summed E-state index contributed by atoms with van der Waals surface area (Å²) >= 11 is 0. The molecule has 1 aromatic carbocycles. The predicted octanol–water partition coefficient (Wildman–Crippen LogP) is 4.69. The quantitative estimate of drug-likeness (QED) is 0.482. The molecule has 3 aromatic heterocycles. The largest absolute Gasteiger partial charge is 0.424 e. The lowest BCUT2D eigenvalue weighted by Crippen LogP contribution is -2.06. The summed E-state index contributed by atoms with van der Waals surface area (Å²) in [5.74, 6) is 1.22. The number of benzene rings is 1. The third-order valence-electron chi connectivity index (χ3n) is 5.14. The van der Waals surface area contributed by atoms with Gasteiger partial charge in [-0.1, -0.05) is 32.9 Å². The fourth-order valence-corrected chi connectivity index (χ4v) is 3.48. The van der Waals surface area contributed by atoms with E-state index in [4.69, 9.17) is 14.7 Å². The number of hydrogen-bond acceptors (Lipinski definition) is 4. The van der Waals surface area contributed by atoms with Crippen LogP contribution in [0.4, 0.5) is 0 Å². The SMILES string of the molecule is CCC(=O)Oc1cn([C@H](C)CC)c2nc(CC)n3c4ccccc4nc3c12. The van der Waals surface area contributed by atoms with Gasteiger partial charge in [-0.2, -0.15) is 0 Å². The van der Waals surface area contributed by atoms with E-state index in [1.165, 1.54) is 0 Å². The fourth-order valence-electron chi connectivity index (χ4n) is 3.48. The second-order valence-corrected chi connectivity index (χ2v) is 6.83. The molecule has 0 aliphatic rings. The van der Waals surface area contributed by atoms with Crippen LogP contribution in [0.25, 0.3) is 27.7 Å². The van der Waals surface area contributed by atoms with Crippen LogP contribution in [-0.4, -0.2) is 24.9 Å². The summed E-state index contributed by atoms with van der Waals surface area (Å²) in [6.07, 6.45) is 3.96. The molecule has 0 N–H and O–H groups in total. The Hall–Kier alpha value is -2.89. The molecule has 0 aliphatic carbocycles. The third-order valence-corrected chi connectivity index (χ3v) is 5.14. The van der Waals surface area contributed by atoms with Crippen molar-refractivity contribution in [3.05, 3.63) is 36.3 Å². The minimum atomic E-state index is -0.257. The van der Waals surface area contributed by atoms with Crippen LogP contribution < -0.4 is 4.74 Å². The zero-order chi connectivity index (χ0) is 19.1. The molecule has 0 aliphatic heterocycles. The Balaban J connectivity index is 2.15. The highest BCUT2D eigenvalue weighted by Crippen LogP contribution is 2.35. The monoisotopic (exact) mass is 364 g/mol. The number of carbonyl (C=O) groups is 1. The van der Waals surface area contributed by atoms with Crippen molar-refractivity contribution in [1.29, 1.82) is 0 Å². The van der Waals surface area contributed by atoms with Crippen LogP contribution in [0.3, 0.4) is 0 Å². The van der Waals surface area contributed by atoms with Crippen LogP contribution in [0.2, 0.25) is 0 Å². The number of aromatic nitrogens is 4. The van der Waals surface area contributed by atoms with Gasteiger partial charge in [0.1, 0.15) is 16.9 Å². The molecule has 0 saturated carbocycles. The minimum Gasteiger partial charge on any atom is -0.424 e. The molecule has 27 heavy (non-hydrogen) atoms. The van der Waals surface area contributed by atoms with Crippen molar-refractivity contribution in [2.24, 2.45) is 0 Å². The molecule has 4 rings (SSSR count). The zero-order valence-electron chi connectivity index (χ0n) is 16.2. The number of fused-ring (bicyclic) bond motifs is 5. The number of para-hydroxylation sites is 2. The topological polar surface area (TPSA) is 61.4 Å². The van der Waals surface area contributed by atoms with Crippen LogP contribution in [-0.2, 0) is 11.2 Å². The van der Waals surface area contributed by atoms with Crippen molar-refractivity contribution in [3.63, 3.8) is 0 Å². The molecule has 140 valence electrons. The summed E-state index contributed by atoms with van der Waals surface area (Å²) < 4.78 is 9.87. The first-order valence-electron chi connectivity index (χ1n) is 9.60. The molecule has 3 heterocycles. The molecule has 0 unspecified atom stereocenters. The molecule has 6 heteroatoms.